The first-order valence-electron chi connectivity index (χ1n) is 9.10. The maximum Gasteiger partial charge on any atom is 0.484 e. The van der Waals surface area contributed by atoms with Crippen LogP contribution in [0.25, 0.3) is 11.1 Å². The van der Waals surface area contributed by atoms with E-state index in [0.29, 0.717) is 37.0 Å². The normalized spacial score (nSPS) is 14.1. The minimum absolute atomic E-state index is 0.0495. The first-order valence-corrected chi connectivity index (χ1v) is 9.10. The Kier molecular flexibility index (Phi) is 6.17. The van der Waals surface area contributed by atoms with Gasteiger partial charge in [0.25, 0.3) is 0 Å². The maximum atomic E-state index is 12.5. The Morgan fingerprint density at radius 3 is 2.85 bits per heavy atom. The van der Waals surface area contributed by atoms with E-state index in [2.05, 4.69) is 15.1 Å². The van der Waals surface area contributed by atoms with Crippen LogP contribution < -0.4 is 21.0 Å². The number of aromatic nitrogens is 2. The third-order valence-electron chi connectivity index (χ3n) is 4.25. The molecular formula is C18H24N3O5+. The highest BCUT2D eigenvalue weighted by molar-refractivity contribution is 5.85. The van der Waals surface area contributed by atoms with Gasteiger partial charge in [-0.05, 0) is 50.5 Å². The highest BCUT2D eigenvalue weighted by Gasteiger charge is 2.19. The molecule has 0 atom stereocenters. The lowest BCUT2D eigenvalue weighted by molar-refractivity contribution is -0.380. The van der Waals surface area contributed by atoms with Crippen molar-refractivity contribution >= 4 is 16.8 Å². The molecule has 0 aliphatic heterocycles. The average molecular weight is 362 g/mol. The van der Waals surface area contributed by atoms with Crippen LogP contribution in [-0.4, -0.2) is 23.9 Å². The molecule has 1 aliphatic carbocycles. The van der Waals surface area contributed by atoms with Crippen molar-refractivity contribution in [2.75, 3.05) is 13.2 Å². The molecule has 0 bridgehead atoms. The molecule has 1 aliphatic rings. The average Bonchev–Trinajstić information content (AvgIpc) is 3.12. The molecule has 8 nitrogen and oxygen atoms in total. The van der Waals surface area contributed by atoms with E-state index in [-0.39, 0.29) is 17.3 Å². The Labute approximate surface area is 150 Å². The Morgan fingerprint density at radius 2 is 2.08 bits per heavy atom. The third-order valence-corrected chi connectivity index (χ3v) is 4.25. The first-order chi connectivity index (χ1) is 12.7. The second-order valence-corrected chi connectivity index (χ2v) is 6.37. The molecule has 1 saturated carbocycles. The number of hydrogen-bond donors (Lipinski definition) is 1. The summed E-state index contributed by atoms with van der Waals surface area (Å²) in [6, 6.07) is 1.40. The molecule has 0 radical (unpaired) electrons. The lowest BCUT2D eigenvalue weighted by Gasteiger charge is -2.04. The molecule has 2 heterocycles. The van der Waals surface area contributed by atoms with Gasteiger partial charge in [0.15, 0.2) is 5.39 Å². The van der Waals surface area contributed by atoms with Crippen molar-refractivity contribution in [2.24, 2.45) is 5.16 Å². The van der Waals surface area contributed by atoms with Crippen molar-refractivity contribution < 1.29 is 19.0 Å². The van der Waals surface area contributed by atoms with Gasteiger partial charge in [-0.25, -0.2) is 9.59 Å². The fourth-order valence-corrected chi connectivity index (χ4v) is 3.02. The molecule has 0 spiro atoms. The van der Waals surface area contributed by atoms with Gasteiger partial charge >= 0.3 is 22.9 Å². The Bertz CT molecular complexity index is 892. The number of nitrogens with one attached hydrogen (secondary N) is 2. The van der Waals surface area contributed by atoms with E-state index in [1.54, 1.807) is 0 Å². The molecule has 0 aromatic carbocycles. The van der Waals surface area contributed by atoms with Gasteiger partial charge in [-0.3, -0.25) is 4.84 Å². The zero-order valence-electron chi connectivity index (χ0n) is 14.9. The Hall–Kier alpha value is -2.48. The number of H-pyrrole nitrogens is 2. The number of hydrogen-bond acceptors (Lipinski definition) is 6. The maximum absolute atomic E-state index is 12.5. The fraction of sp³-hybridized carbons (Fsp3) is 0.556. The van der Waals surface area contributed by atoms with Gasteiger partial charge in [0.1, 0.15) is 0 Å². The van der Waals surface area contributed by atoms with Gasteiger partial charge < -0.3 is 9.15 Å². The number of aromatic amines is 2. The SMILES string of the molecule is CCCOCCCc1cc(=O)oc2[nH+]c(ON=C3CCCC3)[nH]c(=O)c12. The lowest BCUT2D eigenvalue weighted by Crippen LogP contribution is -2.23. The highest BCUT2D eigenvalue weighted by Crippen LogP contribution is 2.15. The van der Waals surface area contributed by atoms with Crippen molar-refractivity contribution in [3.05, 3.63) is 32.4 Å². The van der Waals surface area contributed by atoms with Gasteiger partial charge in [-0.15, -0.1) is 0 Å². The van der Waals surface area contributed by atoms with Gasteiger partial charge in [0.2, 0.25) is 0 Å². The second-order valence-electron chi connectivity index (χ2n) is 6.37. The number of nitrogens with zero attached hydrogens (tertiary/aromatic N) is 1. The molecule has 3 rings (SSSR count). The number of rotatable bonds is 8. The van der Waals surface area contributed by atoms with Crippen molar-refractivity contribution in [3.63, 3.8) is 0 Å². The minimum atomic E-state index is -0.517. The van der Waals surface area contributed by atoms with Crippen LogP contribution in [-0.2, 0) is 11.2 Å². The molecule has 0 amide bonds. The van der Waals surface area contributed by atoms with E-state index in [9.17, 15) is 9.59 Å². The van der Waals surface area contributed by atoms with Crippen molar-refractivity contribution in [1.29, 1.82) is 0 Å². The van der Waals surface area contributed by atoms with Crippen LogP contribution in [0.1, 0.15) is 51.0 Å². The van der Waals surface area contributed by atoms with Crippen molar-refractivity contribution in [1.82, 2.24) is 4.98 Å². The van der Waals surface area contributed by atoms with Crippen LogP contribution in [0.3, 0.4) is 0 Å². The predicted molar refractivity (Wildman–Crippen MR) is 95.6 cm³/mol. The molecule has 2 aromatic rings. The molecular weight excluding hydrogens is 338 g/mol. The van der Waals surface area contributed by atoms with Crippen LogP contribution in [0.5, 0.6) is 6.01 Å². The van der Waals surface area contributed by atoms with E-state index in [1.165, 1.54) is 6.07 Å². The molecule has 8 heteroatoms. The van der Waals surface area contributed by atoms with Crippen LogP contribution in [0.15, 0.2) is 25.2 Å². The van der Waals surface area contributed by atoms with Gasteiger partial charge in [-0.1, -0.05) is 12.1 Å². The van der Waals surface area contributed by atoms with Crippen LogP contribution in [0.4, 0.5) is 0 Å². The number of ether oxygens (including phenoxy) is 1. The summed E-state index contributed by atoms with van der Waals surface area (Å²) in [6.45, 7) is 3.33. The largest absolute Gasteiger partial charge is 0.484 e. The van der Waals surface area contributed by atoms with Gasteiger partial charge in [-0.2, -0.15) is 9.97 Å². The van der Waals surface area contributed by atoms with E-state index >= 15 is 0 Å². The Balaban J connectivity index is 1.82. The van der Waals surface area contributed by atoms with Gasteiger partial charge in [0, 0.05) is 19.3 Å². The summed E-state index contributed by atoms with van der Waals surface area (Å²) in [5, 5.41) is 4.36. The summed E-state index contributed by atoms with van der Waals surface area (Å²) in [5.41, 5.74) is 0.780. The molecule has 26 heavy (non-hydrogen) atoms. The highest BCUT2D eigenvalue weighted by atomic mass is 16.6. The predicted octanol–water partition coefficient (Wildman–Crippen LogP) is 1.96. The molecule has 0 unspecified atom stereocenters. The van der Waals surface area contributed by atoms with E-state index < -0.39 is 5.63 Å². The zero-order valence-corrected chi connectivity index (χ0v) is 14.9. The molecule has 1 fully saturated rings. The van der Waals surface area contributed by atoms with E-state index in [0.717, 1.165) is 37.8 Å². The summed E-state index contributed by atoms with van der Waals surface area (Å²) in [6.07, 6.45) is 6.21. The minimum Gasteiger partial charge on any atom is -0.385 e. The van der Waals surface area contributed by atoms with E-state index in [1.807, 2.05) is 6.92 Å². The zero-order chi connectivity index (χ0) is 18.4. The number of oxime groups is 1. The summed E-state index contributed by atoms with van der Waals surface area (Å²) in [7, 11) is 0. The van der Waals surface area contributed by atoms with Crippen LogP contribution >= 0.6 is 0 Å². The number of fused-ring (bicyclic) bond motifs is 1. The summed E-state index contributed by atoms with van der Waals surface area (Å²) in [5.74, 6) is 0. The van der Waals surface area contributed by atoms with Crippen LogP contribution in [0, 0.1) is 0 Å². The number of aryl methyl sites for hydroxylation is 1. The molecule has 2 N–H and O–H groups in total. The molecule has 2 aromatic heterocycles. The summed E-state index contributed by atoms with van der Waals surface area (Å²) >= 11 is 0. The quantitative estimate of drug-likeness (QED) is 0.570. The lowest BCUT2D eigenvalue weighted by atomic mass is 10.1. The van der Waals surface area contributed by atoms with E-state index in [4.69, 9.17) is 14.0 Å². The topological polar surface area (TPSA) is 108 Å². The fourth-order valence-electron chi connectivity index (χ4n) is 3.02. The molecule has 0 saturated heterocycles. The summed E-state index contributed by atoms with van der Waals surface area (Å²) < 4.78 is 10.6. The smallest absolute Gasteiger partial charge is 0.385 e. The second kappa shape index (κ2) is 8.75. The first kappa shape index (κ1) is 18.3. The van der Waals surface area contributed by atoms with Crippen molar-refractivity contribution in [3.8, 4) is 6.01 Å². The summed E-state index contributed by atoms with van der Waals surface area (Å²) in [4.78, 5) is 35.0. The van der Waals surface area contributed by atoms with Crippen LogP contribution in [0.2, 0.25) is 0 Å². The van der Waals surface area contributed by atoms with Crippen molar-refractivity contribution in [2.45, 2.75) is 51.9 Å². The monoisotopic (exact) mass is 362 g/mol. The third kappa shape index (κ3) is 4.57. The standard InChI is InChI=1S/C18H23N3O5/c1-2-9-24-10-5-6-12-11-14(22)25-17-15(12)16(23)19-18(20-17)26-21-13-7-3-4-8-13/h11H,2-10H2,1H3,(H,19,20,23)/p+1. The van der Waals surface area contributed by atoms with Gasteiger partial charge in [0.05, 0.1) is 5.71 Å². The molecule has 140 valence electrons. The Morgan fingerprint density at radius 1 is 1.27 bits per heavy atom.